The molecule has 4 rings (SSSR count). The number of unbranched alkanes of at least 4 members (excludes halogenated alkanes) is 2. The quantitative estimate of drug-likeness (QED) is 0.415. The van der Waals surface area contributed by atoms with E-state index in [0.717, 1.165) is 53.3 Å². The summed E-state index contributed by atoms with van der Waals surface area (Å²) in [6.45, 7) is 2.78. The lowest BCUT2D eigenvalue weighted by Crippen LogP contribution is -2.26. The van der Waals surface area contributed by atoms with Gasteiger partial charge in [0.15, 0.2) is 5.69 Å². The van der Waals surface area contributed by atoms with Gasteiger partial charge in [-0.25, -0.2) is 4.68 Å². The van der Waals surface area contributed by atoms with Gasteiger partial charge in [-0.3, -0.25) is 4.79 Å². The molecular weight excluding hydrogens is 449 g/mol. The van der Waals surface area contributed by atoms with Gasteiger partial charge < -0.3 is 5.32 Å². The van der Waals surface area contributed by atoms with Crippen LogP contribution >= 0.6 is 46.1 Å². The third-order valence-electron chi connectivity index (χ3n) is 5.04. The van der Waals surface area contributed by atoms with Gasteiger partial charge in [-0.2, -0.15) is 5.10 Å². The van der Waals surface area contributed by atoms with E-state index in [2.05, 4.69) is 12.2 Å². The second kappa shape index (κ2) is 8.68. The van der Waals surface area contributed by atoms with Crippen molar-refractivity contribution in [1.29, 1.82) is 0 Å². The molecule has 0 atom stereocenters. The third kappa shape index (κ3) is 4.06. The zero-order valence-corrected chi connectivity index (χ0v) is 19.0. The Morgan fingerprint density at radius 2 is 2.03 bits per heavy atom. The molecule has 152 valence electrons. The van der Waals surface area contributed by atoms with Crippen molar-refractivity contribution < 1.29 is 4.79 Å². The SMILES string of the molecule is CCCCCNC(=O)c1nn(-c2ccc(Cl)cc2Cl)c2c1CCc1sc(Cl)cc1-2. The van der Waals surface area contributed by atoms with E-state index in [0.29, 0.717) is 28.0 Å². The summed E-state index contributed by atoms with van der Waals surface area (Å²) in [4.78, 5) is 14.1. The van der Waals surface area contributed by atoms with Gasteiger partial charge in [0.2, 0.25) is 0 Å². The molecule has 1 aromatic carbocycles. The molecule has 0 aliphatic heterocycles. The van der Waals surface area contributed by atoms with Crippen LogP contribution in [0, 0.1) is 0 Å². The monoisotopic (exact) mass is 467 g/mol. The summed E-state index contributed by atoms with van der Waals surface area (Å²) in [6.07, 6.45) is 4.73. The molecule has 1 N–H and O–H groups in total. The lowest BCUT2D eigenvalue weighted by molar-refractivity contribution is 0.0946. The van der Waals surface area contributed by atoms with Gasteiger partial charge in [0.05, 0.1) is 20.7 Å². The molecule has 1 aliphatic rings. The number of carbonyl (C=O) groups excluding carboxylic acids is 1. The smallest absolute Gasteiger partial charge is 0.272 e. The number of nitrogens with zero attached hydrogens (tertiary/aromatic N) is 2. The number of thiophene rings is 1. The highest BCUT2D eigenvalue weighted by molar-refractivity contribution is 7.16. The Bertz CT molecular complexity index is 1070. The maximum absolute atomic E-state index is 12.9. The van der Waals surface area contributed by atoms with Crippen LogP contribution in [0.1, 0.15) is 47.1 Å². The van der Waals surface area contributed by atoms with Gasteiger partial charge in [-0.15, -0.1) is 11.3 Å². The number of fused-ring (bicyclic) bond motifs is 3. The number of carbonyl (C=O) groups is 1. The lowest BCUT2D eigenvalue weighted by Gasteiger charge is -2.16. The van der Waals surface area contributed by atoms with E-state index in [4.69, 9.17) is 39.9 Å². The predicted molar refractivity (Wildman–Crippen MR) is 121 cm³/mol. The fourth-order valence-electron chi connectivity index (χ4n) is 3.66. The largest absolute Gasteiger partial charge is 0.351 e. The molecule has 1 amide bonds. The van der Waals surface area contributed by atoms with Crippen molar-refractivity contribution in [1.82, 2.24) is 15.1 Å². The number of hydrogen-bond donors (Lipinski definition) is 1. The molecule has 0 radical (unpaired) electrons. The minimum absolute atomic E-state index is 0.147. The van der Waals surface area contributed by atoms with Crippen molar-refractivity contribution in [2.75, 3.05) is 6.54 Å². The molecule has 0 spiro atoms. The van der Waals surface area contributed by atoms with Gasteiger partial charge in [-0.05, 0) is 43.5 Å². The van der Waals surface area contributed by atoms with Gasteiger partial charge in [0, 0.05) is 27.6 Å². The first-order chi connectivity index (χ1) is 14.0. The van der Waals surface area contributed by atoms with Crippen molar-refractivity contribution in [2.45, 2.75) is 39.0 Å². The van der Waals surface area contributed by atoms with E-state index >= 15 is 0 Å². The van der Waals surface area contributed by atoms with Crippen molar-refractivity contribution in [2.24, 2.45) is 0 Å². The topological polar surface area (TPSA) is 46.9 Å². The van der Waals surface area contributed by atoms with E-state index < -0.39 is 0 Å². The Kier molecular flexibility index (Phi) is 6.21. The Morgan fingerprint density at radius 3 is 2.79 bits per heavy atom. The number of nitrogens with one attached hydrogen (secondary N) is 1. The highest BCUT2D eigenvalue weighted by atomic mass is 35.5. The number of aryl methyl sites for hydroxylation is 1. The average Bonchev–Trinajstić information content (AvgIpc) is 3.25. The molecule has 8 heteroatoms. The molecule has 2 heterocycles. The van der Waals surface area contributed by atoms with Crippen molar-refractivity contribution in [3.05, 3.63) is 54.8 Å². The summed E-state index contributed by atoms with van der Waals surface area (Å²) in [5.41, 5.74) is 3.98. The number of halogens is 3. The lowest BCUT2D eigenvalue weighted by atomic mass is 9.94. The standard InChI is InChI=1S/C21H20Cl3N3OS/c1-2-3-4-9-25-21(28)19-13-6-8-17-14(11-18(24)29-17)20(13)27(26-19)16-7-5-12(22)10-15(16)23/h5,7,10-11H,2-4,6,8-9H2,1H3,(H,25,28). The van der Waals surface area contributed by atoms with Crippen LogP contribution in [-0.4, -0.2) is 22.2 Å². The summed E-state index contributed by atoms with van der Waals surface area (Å²) in [5.74, 6) is -0.147. The number of hydrogen-bond acceptors (Lipinski definition) is 3. The fraction of sp³-hybridized carbons (Fsp3) is 0.333. The van der Waals surface area contributed by atoms with Gasteiger partial charge in [-0.1, -0.05) is 54.6 Å². The highest BCUT2D eigenvalue weighted by Gasteiger charge is 2.30. The molecule has 0 unspecified atom stereocenters. The van der Waals surface area contributed by atoms with E-state index in [9.17, 15) is 4.79 Å². The van der Waals surface area contributed by atoms with Crippen LogP contribution in [0.3, 0.4) is 0 Å². The molecule has 1 aliphatic carbocycles. The first-order valence-electron chi connectivity index (χ1n) is 9.63. The fourth-order valence-corrected chi connectivity index (χ4v) is 5.41. The van der Waals surface area contributed by atoms with Crippen LogP contribution in [0.15, 0.2) is 24.3 Å². The number of rotatable bonds is 6. The minimum atomic E-state index is -0.147. The molecule has 3 aromatic rings. The van der Waals surface area contributed by atoms with Crippen LogP contribution in [0.5, 0.6) is 0 Å². The van der Waals surface area contributed by atoms with E-state index in [1.807, 2.05) is 12.1 Å². The Morgan fingerprint density at radius 1 is 1.21 bits per heavy atom. The molecule has 4 nitrogen and oxygen atoms in total. The number of benzene rings is 1. The average molecular weight is 469 g/mol. The van der Waals surface area contributed by atoms with Crippen molar-refractivity contribution in [3.8, 4) is 16.9 Å². The predicted octanol–water partition coefficient (Wildman–Crippen LogP) is 6.58. The number of amides is 1. The Balaban J connectivity index is 1.81. The van der Waals surface area contributed by atoms with Gasteiger partial charge in [0.25, 0.3) is 5.91 Å². The Labute approximate surface area is 188 Å². The van der Waals surface area contributed by atoms with Crippen LogP contribution in [0.25, 0.3) is 16.9 Å². The minimum Gasteiger partial charge on any atom is -0.351 e. The number of aromatic nitrogens is 2. The van der Waals surface area contributed by atoms with Gasteiger partial charge in [0.1, 0.15) is 0 Å². The Hall–Kier alpha value is -1.53. The van der Waals surface area contributed by atoms with E-state index in [-0.39, 0.29) is 5.91 Å². The van der Waals surface area contributed by atoms with E-state index in [1.54, 1.807) is 28.2 Å². The maximum Gasteiger partial charge on any atom is 0.272 e. The normalized spacial score (nSPS) is 12.6. The zero-order chi connectivity index (χ0) is 20.5. The van der Waals surface area contributed by atoms with Crippen LogP contribution in [0.2, 0.25) is 14.4 Å². The van der Waals surface area contributed by atoms with Crippen LogP contribution in [0.4, 0.5) is 0 Å². The summed E-state index contributed by atoms with van der Waals surface area (Å²) < 4.78 is 2.49. The summed E-state index contributed by atoms with van der Waals surface area (Å²) in [6, 6.07) is 7.22. The third-order valence-corrected chi connectivity index (χ3v) is 6.90. The molecule has 0 saturated carbocycles. The zero-order valence-electron chi connectivity index (χ0n) is 15.9. The second-order valence-corrected chi connectivity index (χ2v) is 9.65. The molecule has 0 bridgehead atoms. The summed E-state index contributed by atoms with van der Waals surface area (Å²) >= 11 is 20.4. The first kappa shape index (κ1) is 20.7. The van der Waals surface area contributed by atoms with E-state index in [1.165, 1.54) is 4.88 Å². The highest BCUT2D eigenvalue weighted by Crippen LogP contribution is 2.43. The maximum atomic E-state index is 12.9. The molecule has 2 aromatic heterocycles. The van der Waals surface area contributed by atoms with Crippen LogP contribution < -0.4 is 5.32 Å². The van der Waals surface area contributed by atoms with Gasteiger partial charge >= 0.3 is 0 Å². The first-order valence-corrected chi connectivity index (χ1v) is 11.6. The molecule has 0 fully saturated rings. The van der Waals surface area contributed by atoms with Crippen molar-refractivity contribution >= 4 is 52.0 Å². The molecular formula is C21H20Cl3N3OS. The van der Waals surface area contributed by atoms with Crippen LogP contribution in [-0.2, 0) is 12.8 Å². The summed E-state index contributed by atoms with van der Waals surface area (Å²) in [5, 5.41) is 8.73. The molecule has 29 heavy (non-hydrogen) atoms. The second-order valence-electron chi connectivity index (χ2n) is 7.03. The summed E-state index contributed by atoms with van der Waals surface area (Å²) in [7, 11) is 0. The van der Waals surface area contributed by atoms with Crippen molar-refractivity contribution in [3.63, 3.8) is 0 Å². The molecule has 0 saturated heterocycles.